The summed E-state index contributed by atoms with van der Waals surface area (Å²) in [6, 6.07) is 13.7. The highest BCUT2D eigenvalue weighted by Crippen LogP contribution is 2.30. The minimum atomic E-state index is -0.302. The summed E-state index contributed by atoms with van der Waals surface area (Å²) in [5.41, 5.74) is 5.15. The van der Waals surface area contributed by atoms with E-state index in [0.29, 0.717) is 18.9 Å². The molecule has 0 bridgehead atoms. The zero-order chi connectivity index (χ0) is 21.5. The van der Waals surface area contributed by atoms with Crippen LogP contribution < -0.4 is 15.2 Å². The highest BCUT2D eigenvalue weighted by molar-refractivity contribution is 5.63. The third-order valence-electron chi connectivity index (χ3n) is 5.47. The average Bonchev–Trinajstić information content (AvgIpc) is 3.44. The van der Waals surface area contributed by atoms with E-state index >= 15 is 0 Å². The zero-order valence-electron chi connectivity index (χ0n) is 17.6. The monoisotopic (exact) mass is 418 g/mol. The molecule has 1 aliphatic rings. The average molecular weight is 418 g/mol. The summed E-state index contributed by atoms with van der Waals surface area (Å²) >= 11 is 0. The summed E-state index contributed by atoms with van der Waals surface area (Å²) in [6.07, 6.45) is 0. The molecule has 3 heterocycles. The molecule has 0 spiro atoms. The largest absolute Gasteiger partial charge is 0.489 e. The van der Waals surface area contributed by atoms with Gasteiger partial charge in [-0.2, -0.15) is 14.5 Å². The van der Waals surface area contributed by atoms with Gasteiger partial charge >= 0.3 is 5.69 Å². The lowest BCUT2D eigenvalue weighted by molar-refractivity contribution is 0.302. The smallest absolute Gasteiger partial charge is 0.368 e. The van der Waals surface area contributed by atoms with Crippen LogP contribution in [0.2, 0.25) is 0 Å². The summed E-state index contributed by atoms with van der Waals surface area (Å²) in [5.74, 6) is 1.58. The highest BCUT2D eigenvalue weighted by atomic mass is 16.5. The van der Waals surface area contributed by atoms with Crippen LogP contribution >= 0.6 is 0 Å². The Morgan fingerprint density at radius 1 is 1.10 bits per heavy atom. The Bertz CT molecular complexity index is 1310. The second kappa shape index (κ2) is 7.42. The van der Waals surface area contributed by atoms with Crippen LogP contribution in [0.3, 0.4) is 0 Å². The number of tetrazole rings is 1. The van der Waals surface area contributed by atoms with Crippen LogP contribution in [-0.4, -0.2) is 36.2 Å². The number of hydrogen-bond acceptors (Lipinski definition) is 6. The lowest BCUT2D eigenvalue weighted by atomic mass is 10.1. The standard InChI is InChI=1S/C22H22N6O3/c1-14-5-4-6-19(28-22(29)26(3)24-25-28)17(14)13-31-20-8-7-16(11-15(20)2)18-12-21-27(23-18)9-10-30-21/h4-8,11-12H,9-10,13H2,1-3H3. The van der Waals surface area contributed by atoms with Gasteiger partial charge < -0.3 is 9.47 Å². The number of ether oxygens (including phenoxy) is 2. The molecule has 0 unspecified atom stereocenters. The third-order valence-corrected chi connectivity index (χ3v) is 5.47. The van der Waals surface area contributed by atoms with Crippen molar-refractivity contribution in [2.45, 2.75) is 27.0 Å². The molecule has 0 fully saturated rings. The van der Waals surface area contributed by atoms with Crippen LogP contribution in [0.15, 0.2) is 47.3 Å². The first-order chi connectivity index (χ1) is 15.0. The summed E-state index contributed by atoms with van der Waals surface area (Å²) in [4.78, 5) is 12.3. The molecule has 4 aromatic rings. The van der Waals surface area contributed by atoms with E-state index in [1.807, 2.05) is 54.9 Å². The molecule has 0 amide bonds. The Labute approximate surface area is 178 Å². The van der Waals surface area contributed by atoms with E-state index in [1.165, 1.54) is 9.36 Å². The van der Waals surface area contributed by atoms with Crippen LogP contribution in [-0.2, 0) is 20.2 Å². The lowest BCUT2D eigenvalue weighted by Gasteiger charge is -2.14. The van der Waals surface area contributed by atoms with Crippen molar-refractivity contribution < 1.29 is 9.47 Å². The minimum Gasteiger partial charge on any atom is -0.489 e. The molecule has 158 valence electrons. The Balaban J connectivity index is 1.40. The molecule has 9 nitrogen and oxygen atoms in total. The van der Waals surface area contributed by atoms with E-state index < -0.39 is 0 Å². The topological polar surface area (TPSA) is 89.0 Å². The van der Waals surface area contributed by atoms with Gasteiger partial charge in [0.15, 0.2) is 0 Å². The number of aryl methyl sites for hydroxylation is 3. The zero-order valence-corrected chi connectivity index (χ0v) is 17.6. The number of hydrogen-bond donors (Lipinski definition) is 0. The van der Waals surface area contributed by atoms with Crippen LogP contribution in [0.25, 0.3) is 16.9 Å². The van der Waals surface area contributed by atoms with Crippen molar-refractivity contribution in [1.82, 2.24) is 29.6 Å². The molecule has 9 heteroatoms. The van der Waals surface area contributed by atoms with E-state index in [2.05, 4.69) is 21.6 Å². The molecule has 0 N–H and O–H groups in total. The summed E-state index contributed by atoms with van der Waals surface area (Å²) in [6.45, 7) is 5.75. The Morgan fingerprint density at radius 3 is 2.71 bits per heavy atom. The fourth-order valence-corrected chi connectivity index (χ4v) is 3.71. The predicted octanol–water partition coefficient (Wildman–Crippen LogP) is 2.42. The van der Waals surface area contributed by atoms with Gasteiger partial charge in [0.25, 0.3) is 0 Å². The minimum absolute atomic E-state index is 0.302. The first-order valence-electron chi connectivity index (χ1n) is 10.0. The van der Waals surface area contributed by atoms with Gasteiger partial charge in [0.05, 0.1) is 17.9 Å². The van der Waals surface area contributed by atoms with Crippen molar-refractivity contribution in [3.8, 4) is 28.6 Å². The van der Waals surface area contributed by atoms with Crippen LogP contribution in [0.1, 0.15) is 16.7 Å². The van der Waals surface area contributed by atoms with Crippen molar-refractivity contribution in [2.75, 3.05) is 6.61 Å². The summed E-state index contributed by atoms with van der Waals surface area (Å²) < 4.78 is 16.1. The maximum Gasteiger partial charge on any atom is 0.368 e. The highest BCUT2D eigenvalue weighted by Gasteiger charge is 2.17. The fraction of sp³-hybridized carbons (Fsp3) is 0.273. The van der Waals surface area contributed by atoms with Crippen molar-refractivity contribution in [3.63, 3.8) is 0 Å². The fourth-order valence-electron chi connectivity index (χ4n) is 3.71. The van der Waals surface area contributed by atoms with Crippen LogP contribution in [0.5, 0.6) is 11.6 Å². The molecular formula is C22H22N6O3. The molecule has 0 aliphatic carbocycles. The molecule has 1 aliphatic heterocycles. The van der Waals surface area contributed by atoms with Crippen molar-refractivity contribution in [1.29, 1.82) is 0 Å². The van der Waals surface area contributed by atoms with Gasteiger partial charge in [-0.3, -0.25) is 0 Å². The van der Waals surface area contributed by atoms with Crippen LogP contribution in [0.4, 0.5) is 0 Å². The predicted molar refractivity (Wildman–Crippen MR) is 114 cm³/mol. The van der Waals surface area contributed by atoms with E-state index in [-0.39, 0.29) is 5.69 Å². The maximum atomic E-state index is 12.3. The van der Waals surface area contributed by atoms with E-state index in [0.717, 1.165) is 46.1 Å². The quantitative estimate of drug-likeness (QED) is 0.495. The molecule has 31 heavy (non-hydrogen) atoms. The molecule has 2 aromatic heterocycles. The van der Waals surface area contributed by atoms with Gasteiger partial charge in [0.2, 0.25) is 5.88 Å². The van der Waals surface area contributed by atoms with Gasteiger partial charge in [0, 0.05) is 24.2 Å². The Hall–Kier alpha value is -3.88. The number of benzene rings is 2. The number of rotatable bonds is 5. The first-order valence-corrected chi connectivity index (χ1v) is 10.0. The van der Waals surface area contributed by atoms with Gasteiger partial charge in [0.1, 0.15) is 19.0 Å². The normalized spacial score (nSPS) is 12.6. The van der Waals surface area contributed by atoms with Gasteiger partial charge in [-0.25, -0.2) is 9.48 Å². The Kier molecular flexibility index (Phi) is 4.58. The molecule has 5 rings (SSSR count). The molecule has 0 atom stereocenters. The van der Waals surface area contributed by atoms with E-state index in [9.17, 15) is 4.79 Å². The third kappa shape index (κ3) is 3.37. The molecular weight excluding hydrogens is 396 g/mol. The van der Waals surface area contributed by atoms with E-state index in [4.69, 9.17) is 9.47 Å². The van der Waals surface area contributed by atoms with Crippen molar-refractivity contribution in [2.24, 2.45) is 7.05 Å². The molecule has 0 saturated heterocycles. The Morgan fingerprint density at radius 2 is 1.97 bits per heavy atom. The SMILES string of the molecule is Cc1cc(-c2cc3n(n2)CCO3)ccc1OCc1c(C)cccc1-n1nnn(C)c1=O. The van der Waals surface area contributed by atoms with E-state index in [1.54, 1.807) is 7.05 Å². The second-order valence-corrected chi connectivity index (χ2v) is 7.58. The van der Waals surface area contributed by atoms with Crippen molar-refractivity contribution in [3.05, 3.63) is 69.6 Å². The van der Waals surface area contributed by atoms with Crippen molar-refractivity contribution >= 4 is 0 Å². The number of aromatic nitrogens is 6. The summed E-state index contributed by atoms with van der Waals surface area (Å²) in [5, 5.41) is 12.4. The van der Waals surface area contributed by atoms with Crippen LogP contribution in [0, 0.1) is 13.8 Å². The molecule has 2 aromatic carbocycles. The summed E-state index contributed by atoms with van der Waals surface area (Å²) in [7, 11) is 1.57. The first kappa shape index (κ1) is 19.1. The molecule has 0 radical (unpaired) electrons. The second-order valence-electron chi connectivity index (χ2n) is 7.58. The number of nitrogens with zero attached hydrogens (tertiary/aromatic N) is 6. The number of fused-ring (bicyclic) bond motifs is 1. The van der Waals surface area contributed by atoms with Gasteiger partial charge in [-0.1, -0.05) is 12.1 Å². The lowest BCUT2D eigenvalue weighted by Crippen LogP contribution is -2.23. The molecule has 0 saturated carbocycles. The maximum absolute atomic E-state index is 12.3. The van der Waals surface area contributed by atoms with Gasteiger partial charge in [-0.05, 0) is 59.7 Å². The van der Waals surface area contributed by atoms with Gasteiger partial charge in [-0.15, -0.1) is 0 Å².